The number of hydrogen-bond donors (Lipinski definition) is 3. The van der Waals surface area contributed by atoms with Gasteiger partial charge in [0.05, 0.1) is 26.4 Å². The highest BCUT2D eigenvalue weighted by molar-refractivity contribution is 7.47. The van der Waals surface area contributed by atoms with Crippen LogP contribution < -0.4 is 0 Å². The van der Waals surface area contributed by atoms with Gasteiger partial charge in [-0.2, -0.15) is 0 Å². The first-order valence-electron chi connectivity index (χ1n) is 40.7. The summed E-state index contributed by atoms with van der Waals surface area (Å²) in [6.07, 6.45) is 54.0. The van der Waals surface area contributed by atoms with Crippen molar-refractivity contribution in [2.24, 2.45) is 23.7 Å². The van der Waals surface area contributed by atoms with Gasteiger partial charge in [-0.1, -0.05) is 351 Å². The molecule has 0 radical (unpaired) electrons. The van der Waals surface area contributed by atoms with Crippen molar-refractivity contribution in [1.29, 1.82) is 0 Å². The molecule has 0 heterocycles. The number of ether oxygens (including phenoxy) is 4. The first-order chi connectivity index (χ1) is 47.1. The molecule has 98 heavy (non-hydrogen) atoms. The Kier molecular flexibility index (Phi) is 66.8. The molecule has 0 aromatic rings. The number of aliphatic hydroxyl groups excluding tert-OH is 1. The Labute approximate surface area is 600 Å². The van der Waals surface area contributed by atoms with Crippen molar-refractivity contribution in [3.8, 4) is 0 Å². The molecule has 4 unspecified atom stereocenters. The predicted molar refractivity (Wildman–Crippen MR) is 400 cm³/mol. The fourth-order valence-corrected chi connectivity index (χ4v) is 13.6. The average molecular weight is 1440 g/mol. The van der Waals surface area contributed by atoms with E-state index in [1.165, 1.54) is 205 Å². The van der Waals surface area contributed by atoms with Crippen LogP contribution in [-0.4, -0.2) is 96.7 Å². The molecular weight excluding hydrogens is 1280 g/mol. The van der Waals surface area contributed by atoms with Crippen LogP contribution in [0.25, 0.3) is 0 Å². The topological polar surface area (TPSA) is 237 Å². The van der Waals surface area contributed by atoms with E-state index in [9.17, 15) is 43.2 Å². The van der Waals surface area contributed by atoms with Gasteiger partial charge in [-0.15, -0.1) is 0 Å². The lowest BCUT2D eigenvalue weighted by Crippen LogP contribution is -2.30. The first kappa shape index (κ1) is 96.1. The summed E-state index contributed by atoms with van der Waals surface area (Å²) in [6, 6.07) is 0. The molecule has 0 fully saturated rings. The summed E-state index contributed by atoms with van der Waals surface area (Å²) in [7, 11) is -9.92. The van der Waals surface area contributed by atoms with Gasteiger partial charge in [0.1, 0.15) is 19.3 Å². The number of phosphoric acid groups is 2. The number of aliphatic hydroxyl groups is 1. The van der Waals surface area contributed by atoms with Crippen molar-refractivity contribution in [2.75, 3.05) is 39.6 Å². The molecule has 0 saturated heterocycles. The normalized spacial score (nSPS) is 14.3. The fourth-order valence-electron chi connectivity index (χ4n) is 12.0. The van der Waals surface area contributed by atoms with Crippen LogP contribution in [0.4, 0.5) is 0 Å². The number of phosphoric ester groups is 2. The van der Waals surface area contributed by atoms with Crippen LogP contribution in [0, 0.1) is 23.7 Å². The summed E-state index contributed by atoms with van der Waals surface area (Å²) >= 11 is 0. The summed E-state index contributed by atoms with van der Waals surface area (Å²) in [6.45, 7) is 14.3. The molecule has 0 aliphatic rings. The lowest BCUT2D eigenvalue weighted by Gasteiger charge is -2.21. The molecule has 0 aromatic heterocycles. The van der Waals surface area contributed by atoms with Crippen LogP contribution in [-0.2, 0) is 65.4 Å². The fraction of sp³-hybridized carbons (Fsp3) is 0.949. The largest absolute Gasteiger partial charge is 0.472 e. The second-order valence-electron chi connectivity index (χ2n) is 30.1. The molecule has 0 rings (SSSR count). The Hall–Kier alpha value is -1.94. The molecule has 0 saturated carbocycles. The summed E-state index contributed by atoms with van der Waals surface area (Å²) < 4.78 is 68.7. The summed E-state index contributed by atoms with van der Waals surface area (Å²) in [5, 5.41) is 10.6. The van der Waals surface area contributed by atoms with Gasteiger partial charge in [0.25, 0.3) is 0 Å². The summed E-state index contributed by atoms with van der Waals surface area (Å²) in [4.78, 5) is 73.0. The summed E-state index contributed by atoms with van der Waals surface area (Å²) in [5.74, 6) is 0.993. The highest BCUT2D eigenvalue weighted by Gasteiger charge is 2.30. The standard InChI is InChI=1S/C79H154O17P2/c1-9-72(8)58-50-42-34-25-21-22-28-38-46-54-62-79(84)96-75(66-90-77(82)60-52-44-36-30-29-33-41-49-57-71(6)7)68-94-98(87,88)92-64-73(80)63-91-97(85,86)93-67-74(65-89-76(81)59-51-43-35-26-20-16-18-24-32-40-48-56-70(4)5)95-78(83)61-53-45-37-27-19-15-13-11-10-12-14-17-23-31-39-47-55-69(2)3/h69-75,80H,9-68H2,1-8H3,(H,85,86)(H,87,88)/t72?,73?,74-,75-/m1/s1. The van der Waals surface area contributed by atoms with Gasteiger partial charge < -0.3 is 33.8 Å². The SMILES string of the molecule is CCC(C)CCCCCCCCCCCCC(=O)O[C@H](COC(=O)CCCCCCCCCCC(C)C)COP(=O)(O)OCC(O)COP(=O)(O)OC[C@@H](COC(=O)CCCCCCCCCCCCCC(C)C)OC(=O)CCCCCCCCCCCCCCCCCCC(C)C. The molecular formula is C79H154O17P2. The van der Waals surface area contributed by atoms with Crippen molar-refractivity contribution in [3.63, 3.8) is 0 Å². The van der Waals surface area contributed by atoms with Crippen LogP contribution in [0.3, 0.4) is 0 Å². The quantitative estimate of drug-likeness (QED) is 0.0222. The van der Waals surface area contributed by atoms with Gasteiger partial charge in [0, 0.05) is 25.7 Å². The first-order valence-corrected chi connectivity index (χ1v) is 43.7. The lowest BCUT2D eigenvalue weighted by molar-refractivity contribution is -0.161. The van der Waals surface area contributed by atoms with Crippen LogP contribution in [0.5, 0.6) is 0 Å². The zero-order chi connectivity index (χ0) is 72.4. The third-order valence-electron chi connectivity index (χ3n) is 18.7. The van der Waals surface area contributed by atoms with Gasteiger partial charge in [-0.3, -0.25) is 37.3 Å². The van der Waals surface area contributed by atoms with E-state index in [0.717, 1.165) is 114 Å². The van der Waals surface area contributed by atoms with E-state index in [4.69, 9.17) is 37.0 Å². The monoisotopic (exact) mass is 1440 g/mol. The minimum atomic E-state index is -4.96. The van der Waals surface area contributed by atoms with E-state index in [-0.39, 0.29) is 25.7 Å². The van der Waals surface area contributed by atoms with Crippen molar-refractivity contribution in [2.45, 2.75) is 420 Å². The molecule has 582 valence electrons. The molecule has 17 nitrogen and oxygen atoms in total. The lowest BCUT2D eigenvalue weighted by atomic mass is 9.99. The van der Waals surface area contributed by atoms with Gasteiger partial charge in [-0.05, 0) is 49.4 Å². The molecule has 0 aromatic carbocycles. The predicted octanol–water partition coefficient (Wildman–Crippen LogP) is 23.2. The number of carbonyl (C=O) groups excluding carboxylic acids is 4. The molecule has 0 aliphatic heterocycles. The molecule has 19 heteroatoms. The van der Waals surface area contributed by atoms with E-state index in [0.29, 0.717) is 25.7 Å². The number of unbranched alkanes of at least 4 members (excludes halogenated alkanes) is 41. The maximum atomic E-state index is 13.1. The maximum Gasteiger partial charge on any atom is 0.472 e. The minimum absolute atomic E-state index is 0.105. The second-order valence-corrected chi connectivity index (χ2v) is 33.0. The third-order valence-corrected chi connectivity index (χ3v) is 20.6. The molecule has 0 bridgehead atoms. The van der Waals surface area contributed by atoms with Crippen molar-refractivity contribution >= 4 is 39.5 Å². The van der Waals surface area contributed by atoms with E-state index in [1.807, 2.05) is 0 Å². The number of hydrogen-bond acceptors (Lipinski definition) is 15. The van der Waals surface area contributed by atoms with Crippen molar-refractivity contribution in [1.82, 2.24) is 0 Å². The van der Waals surface area contributed by atoms with Gasteiger partial charge in [0.15, 0.2) is 12.2 Å². The van der Waals surface area contributed by atoms with E-state index >= 15 is 0 Å². The highest BCUT2D eigenvalue weighted by Crippen LogP contribution is 2.45. The molecule has 0 spiro atoms. The second kappa shape index (κ2) is 68.2. The maximum absolute atomic E-state index is 13.1. The number of rotatable bonds is 76. The van der Waals surface area contributed by atoms with Crippen LogP contribution in [0.15, 0.2) is 0 Å². The number of esters is 4. The Balaban J connectivity index is 5.26. The molecule has 6 atom stereocenters. The Morgan fingerprint density at radius 1 is 0.286 bits per heavy atom. The summed E-state index contributed by atoms with van der Waals surface area (Å²) in [5.41, 5.74) is 0. The smallest absolute Gasteiger partial charge is 0.462 e. The third kappa shape index (κ3) is 71.1. The Morgan fingerprint density at radius 2 is 0.490 bits per heavy atom. The Bertz CT molecular complexity index is 1920. The van der Waals surface area contributed by atoms with Crippen LogP contribution in [0.2, 0.25) is 0 Å². The minimum Gasteiger partial charge on any atom is -0.462 e. The number of carbonyl (C=O) groups is 4. The zero-order valence-corrected chi connectivity index (χ0v) is 66.2. The van der Waals surface area contributed by atoms with E-state index < -0.39 is 97.5 Å². The zero-order valence-electron chi connectivity index (χ0n) is 64.4. The van der Waals surface area contributed by atoms with E-state index in [2.05, 4.69) is 55.4 Å². The van der Waals surface area contributed by atoms with Gasteiger partial charge >= 0.3 is 39.5 Å². The molecule has 0 amide bonds. The van der Waals surface area contributed by atoms with Gasteiger partial charge in [0.2, 0.25) is 0 Å². The van der Waals surface area contributed by atoms with Crippen LogP contribution >= 0.6 is 15.6 Å². The van der Waals surface area contributed by atoms with E-state index in [1.54, 1.807) is 0 Å². The Morgan fingerprint density at radius 3 is 0.724 bits per heavy atom. The molecule has 0 aliphatic carbocycles. The average Bonchev–Trinajstić information content (AvgIpc) is 0.949. The van der Waals surface area contributed by atoms with Crippen LogP contribution in [0.1, 0.15) is 402 Å². The highest BCUT2D eigenvalue weighted by atomic mass is 31.2. The van der Waals surface area contributed by atoms with Gasteiger partial charge in [-0.25, -0.2) is 9.13 Å². The van der Waals surface area contributed by atoms with Crippen molar-refractivity contribution < 1.29 is 80.2 Å². The molecule has 3 N–H and O–H groups in total. The van der Waals surface area contributed by atoms with Crippen molar-refractivity contribution in [3.05, 3.63) is 0 Å².